The van der Waals surface area contributed by atoms with Gasteiger partial charge in [-0.2, -0.15) is 0 Å². The molecule has 2 N–H and O–H groups in total. The van der Waals surface area contributed by atoms with Crippen molar-refractivity contribution in [3.05, 3.63) is 52.2 Å². The zero-order valence-corrected chi connectivity index (χ0v) is 20.6. The lowest BCUT2D eigenvalue weighted by Gasteiger charge is -2.18. The number of guanidine groups is 1. The van der Waals surface area contributed by atoms with Gasteiger partial charge in [-0.1, -0.05) is 31.2 Å². The van der Waals surface area contributed by atoms with Crippen LogP contribution in [0.3, 0.4) is 0 Å². The highest BCUT2D eigenvalue weighted by Gasteiger charge is 2.20. The molecule has 0 radical (unpaired) electrons. The number of nitrogens with one attached hydrogen (secondary N) is 2. The minimum absolute atomic E-state index is 0. The van der Waals surface area contributed by atoms with Crippen molar-refractivity contribution < 1.29 is 8.42 Å². The smallest absolute Gasteiger partial charge is 0.242 e. The van der Waals surface area contributed by atoms with Crippen molar-refractivity contribution in [1.29, 1.82) is 0 Å². The maximum absolute atomic E-state index is 12.5. The van der Waals surface area contributed by atoms with Crippen LogP contribution in [0.15, 0.2) is 51.7 Å². The highest BCUT2D eigenvalue weighted by atomic mass is 127. The van der Waals surface area contributed by atoms with E-state index in [9.17, 15) is 8.42 Å². The number of halogens is 1. The molecule has 0 saturated heterocycles. The zero-order chi connectivity index (χ0) is 19.9. The van der Waals surface area contributed by atoms with E-state index in [1.165, 1.54) is 23.3 Å². The first-order valence-electron chi connectivity index (χ1n) is 8.82. The Balaban J connectivity index is 0.00000392. The lowest BCUT2D eigenvalue weighted by molar-refractivity contribution is 0.519. The third-order valence-corrected chi connectivity index (χ3v) is 6.96. The Morgan fingerprint density at radius 3 is 2.50 bits per heavy atom. The molecule has 2 aromatic rings. The minimum atomic E-state index is -3.48. The second kappa shape index (κ2) is 11.7. The Morgan fingerprint density at radius 1 is 1.18 bits per heavy atom. The van der Waals surface area contributed by atoms with Gasteiger partial charge in [-0.15, -0.1) is 35.3 Å². The fraction of sp³-hybridized carbons (Fsp3) is 0.421. The summed E-state index contributed by atoms with van der Waals surface area (Å²) in [6.07, 6.45) is 1.02. The molecular formula is C19H29IN4O2S2. The van der Waals surface area contributed by atoms with E-state index in [2.05, 4.69) is 40.1 Å². The molecule has 0 bridgehead atoms. The van der Waals surface area contributed by atoms with E-state index in [-0.39, 0.29) is 24.0 Å². The molecule has 0 aliphatic carbocycles. The molecule has 9 heteroatoms. The van der Waals surface area contributed by atoms with Crippen LogP contribution in [-0.2, 0) is 23.0 Å². The van der Waals surface area contributed by atoms with Gasteiger partial charge in [-0.3, -0.25) is 4.99 Å². The average Bonchev–Trinajstić information content (AvgIpc) is 3.14. The summed E-state index contributed by atoms with van der Waals surface area (Å²) in [6.45, 7) is 3.36. The number of nitrogens with zero attached hydrogens (tertiary/aromatic N) is 2. The van der Waals surface area contributed by atoms with Crippen molar-refractivity contribution in [2.45, 2.75) is 24.8 Å². The molecule has 0 saturated carbocycles. The van der Waals surface area contributed by atoms with Crippen LogP contribution in [0.25, 0.3) is 0 Å². The number of aliphatic imine (C=N–C) groups is 1. The second-order valence-electron chi connectivity index (χ2n) is 6.59. The summed E-state index contributed by atoms with van der Waals surface area (Å²) in [5.41, 5.74) is 0.709. The number of rotatable bonds is 8. The number of hydrogen-bond acceptors (Lipinski definition) is 4. The van der Waals surface area contributed by atoms with Gasteiger partial charge in [0.25, 0.3) is 0 Å². The summed E-state index contributed by atoms with van der Waals surface area (Å²) < 4.78 is 26.2. The summed E-state index contributed by atoms with van der Waals surface area (Å²) in [5.74, 6) is 1.12. The topological polar surface area (TPSA) is 73.8 Å². The molecule has 2 rings (SSSR count). The third kappa shape index (κ3) is 7.02. The van der Waals surface area contributed by atoms with Gasteiger partial charge in [0.05, 0.1) is 4.90 Å². The van der Waals surface area contributed by atoms with E-state index < -0.39 is 10.0 Å². The van der Waals surface area contributed by atoms with E-state index in [1.54, 1.807) is 30.5 Å². The molecule has 0 spiro atoms. The van der Waals surface area contributed by atoms with Crippen molar-refractivity contribution in [3.63, 3.8) is 0 Å². The van der Waals surface area contributed by atoms with Crippen LogP contribution in [0.4, 0.5) is 0 Å². The highest BCUT2D eigenvalue weighted by Crippen LogP contribution is 2.18. The van der Waals surface area contributed by atoms with Crippen LogP contribution in [-0.4, -0.2) is 46.4 Å². The summed E-state index contributed by atoms with van der Waals surface area (Å²) in [7, 11) is 1.30. The summed E-state index contributed by atoms with van der Waals surface area (Å²) in [5, 5.41) is 8.62. The largest absolute Gasteiger partial charge is 0.356 e. The predicted octanol–water partition coefficient (Wildman–Crippen LogP) is 3.16. The van der Waals surface area contributed by atoms with Crippen LogP contribution in [0.1, 0.15) is 17.4 Å². The van der Waals surface area contributed by atoms with E-state index in [0.717, 1.165) is 13.0 Å². The molecule has 1 atom stereocenters. The van der Waals surface area contributed by atoms with Gasteiger partial charge in [-0.25, -0.2) is 12.7 Å². The molecule has 1 unspecified atom stereocenters. The Kier molecular flexibility index (Phi) is 10.4. The van der Waals surface area contributed by atoms with Crippen LogP contribution in [0.5, 0.6) is 0 Å². The molecule has 28 heavy (non-hydrogen) atoms. The first-order chi connectivity index (χ1) is 12.8. The van der Waals surface area contributed by atoms with Gasteiger partial charge in [0.15, 0.2) is 5.96 Å². The van der Waals surface area contributed by atoms with E-state index >= 15 is 0 Å². The number of benzene rings is 1. The molecule has 1 aromatic carbocycles. The molecule has 6 nitrogen and oxygen atoms in total. The van der Waals surface area contributed by atoms with Crippen LogP contribution >= 0.6 is 35.3 Å². The van der Waals surface area contributed by atoms with Crippen molar-refractivity contribution in [2.24, 2.45) is 10.9 Å². The predicted molar refractivity (Wildman–Crippen MR) is 128 cm³/mol. The molecule has 0 fully saturated rings. The lowest BCUT2D eigenvalue weighted by atomic mass is 10.1. The fourth-order valence-electron chi connectivity index (χ4n) is 2.61. The number of hydrogen-bond donors (Lipinski definition) is 2. The summed E-state index contributed by atoms with van der Waals surface area (Å²) in [4.78, 5) is 5.92. The Bertz CT molecular complexity index is 853. The minimum Gasteiger partial charge on any atom is -0.356 e. The van der Waals surface area contributed by atoms with Gasteiger partial charge in [0, 0.05) is 39.1 Å². The zero-order valence-electron chi connectivity index (χ0n) is 16.7. The van der Waals surface area contributed by atoms with Crippen molar-refractivity contribution in [3.8, 4) is 0 Å². The molecule has 1 heterocycles. The fourth-order valence-corrected chi connectivity index (χ4v) is 4.60. The van der Waals surface area contributed by atoms with Gasteiger partial charge < -0.3 is 10.6 Å². The normalized spacial score (nSPS) is 13.1. The van der Waals surface area contributed by atoms with Gasteiger partial charge >= 0.3 is 0 Å². The molecule has 156 valence electrons. The van der Waals surface area contributed by atoms with Crippen molar-refractivity contribution >= 4 is 51.3 Å². The average molecular weight is 537 g/mol. The molecule has 0 aliphatic rings. The van der Waals surface area contributed by atoms with Gasteiger partial charge in [0.1, 0.15) is 0 Å². The standard InChI is InChI=1S/C19H28N4O2S2.HI/c1-15(12-17-9-7-11-26-17)13-21-19(20-2)22-14-16-8-5-6-10-18(16)27(24,25)23(3)4;/h5-11,15H,12-14H2,1-4H3,(H2,20,21,22);1H. The second-order valence-corrected chi connectivity index (χ2v) is 9.74. The number of thiophene rings is 1. The van der Waals surface area contributed by atoms with E-state index in [0.29, 0.717) is 28.9 Å². The first-order valence-corrected chi connectivity index (χ1v) is 11.1. The van der Waals surface area contributed by atoms with E-state index in [4.69, 9.17) is 0 Å². The third-order valence-electron chi connectivity index (χ3n) is 4.15. The Hall–Kier alpha value is -1.17. The van der Waals surface area contributed by atoms with Crippen LogP contribution < -0.4 is 10.6 Å². The van der Waals surface area contributed by atoms with Gasteiger partial charge in [0.2, 0.25) is 10.0 Å². The SMILES string of the molecule is CN=C(NCc1ccccc1S(=O)(=O)N(C)C)NCC(C)Cc1cccs1.I. The van der Waals surface area contributed by atoms with Gasteiger partial charge in [-0.05, 0) is 35.4 Å². The van der Waals surface area contributed by atoms with E-state index in [1.807, 2.05) is 12.1 Å². The molecule has 0 aliphatic heterocycles. The van der Waals surface area contributed by atoms with Crippen LogP contribution in [0.2, 0.25) is 0 Å². The first kappa shape index (κ1) is 24.9. The molecular weight excluding hydrogens is 507 g/mol. The lowest BCUT2D eigenvalue weighted by Crippen LogP contribution is -2.39. The molecule has 1 aromatic heterocycles. The Labute approximate surface area is 189 Å². The van der Waals surface area contributed by atoms with Crippen LogP contribution in [0, 0.1) is 5.92 Å². The highest BCUT2D eigenvalue weighted by molar-refractivity contribution is 14.0. The van der Waals surface area contributed by atoms with Crippen molar-refractivity contribution in [1.82, 2.24) is 14.9 Å². The summed E-state index contributed by atoms with van der Waals surface area (Å²) in [6, 6.07) is 11.2. The van der Waals surface area contributed by atoms with Crippen molar-refractivity contribution in [2.75, 3.05) is 27.7 Å². The number of sulfonamides is 1. The summed E-state index contributed by atoms with van der Waals surface area (Å²) >= 11 is 1.77. The quantitative estimate of drug-likeness (QED) is 0.309. The molecule has 0 amide bonds. The maximum atomic E-state index is 12.5. The monoisotopic (exact) mass is 536 g/mol. The Morgan fingerprint density at radius 2 is 1.89 bits per heavy atom. The maximum Gasteiger partial charge on any atom is 0.242 e.